The highest BCUT2D eigenvalue weighted by Crippen LogP contribution is 2.04. The second-order valence-corrected chi connectivity index (χ2v) is 2.53. The molecule has 1 rings (SSSR count). The Kier molecular flexibility index (Phi) is 2.50. The van der Waals surface area contributed by atoms with E-state index in [2.05, 4.69) is 10.1 Å². The highest BCUT2D eigenvalue weighted by Gasteiger charge is 2.41. The number of imide groups is 1. The first-order valence-electron chi connectivity index (χ1n) is 3.82. The third-order valence-corrected chi connectivity index (χ3v) is 1.67. The van der Waals surface area contributed by atoms with Crippen LogP contribution >= 0.6 is 0 Å². The van der Waals surface area contributed by atoms with E-state index in [1.807, 2.05) is 0 Å². The minimum Gasteiger partial charge on any atom is -0.464 e. The van der Waals surface area contributed by atoms with Gasteiger partial charge in [-0.2, -0.15) is 0 Å². The Labute approximate surface area is 74.8 Å². The fourth-order valence-corrected chi connectivity index (χ4v) is 0.961. The van der Waals surface area contributed by atoms with E-state index in [-0.39, 0.29) is 6.61 Å². The number of carbonyl (C=O) groups excluding carboxylic acids is 3. The van der Waals surface area contributed by atoms with Crippen LogP contribution in [0.15, 0.2) is 0 Å². The molecule has 1 heterocycles. The summed E-state index contributed by atoms with van der Waals surface area (Å²) in [7, 11) is 1.30. The minimum absolute atomic E-state index is 0.183. The molecule has 0 aromatic heterocycles. The molecule has 0 radical (unpaired) electrons. The summed E-state index contributed by atoms with van der Waals surface area (Å²) >= 11 is 0. The number of hydrogen-bond acceptors (Lipinski definition) is 4. The van der Waals surface area contributed by atoms with Crippen LogP contribution in [0.3, 0.4) is 0 Å². The Morgan fingerprint density at radius 1 is 1.62 bits per heavy atom. The molecule has 0 unspecified atom stereocenters. The van der Waals surface area contributed by atoms with Crippen molar-refractivity contribution in [3.8, 4) is 0 Å². The lowest BCUT2D eigenvalue weighted by molar-refractivity contribution is -0.148. The number of likely N-dealkylation sites (N-methyl/N-ethyl adjacent to an activating group) is 1. The Hall–Kier alpha value is -1.59. The standard InChI is InChI=1S/C7H10N2O4/c1-3-13-6(11)4-5(10)9(2)7(12)8-4/h4H,3H2,1-2H3,(H,8,12)/t4-/m1/s1. The molecule has 0 bridgehead atoms. The van der Waals surface area contributed by atoms with Crippen molar-refractivity contribution in [3.63, 3.8) is 0 Å². The van der Waals surface area contributed by atoms with Gasteiger partial charge in [0.25, 0.3) is 5.91 Å². The molecule has 0 aromatic rings. The fourth-order valence-electron chi connectivity index (χ4n) is 0.961. The number of amides is 3. The van der Waals surface area contributed by atoms with Crippen LogP contribution in [0.25, 0.3) is 0 Å². The van der Waals surface area contributed by atoms with Gasteiger partial charge in [-0.15, -0.1) is 0 Å². The molecular formula is C7H10N2O4. The molecule has 13 heavy (non-hydrogen) atoms. The minimum atomic E-state index is -1.17. The maximum absolute atomic E-state index is 11.2. The summed E-state index contributed by atoms with van der Waals surface area (Å²) < 4.78 is 4.59. The first-order valence-corrected chi connectivity index (χ1v) is 3.82. The molecule has 1 atom stereocenters. The highest BCUT2D eigenvalue weighted by atomic mass is 16.5. The number of nitrogens with one attached hydrogen (secondary N) is 1. The zero-order valence-corrected chi connectivity index (χ0v) is 7.36. The average Bonchev–Trinajstić information content (AvgIpc) is 2.33. The topological polar surface area (TPSA) is 75.7 Å². The maximum Gasteiger partial charge on any atom is 0.338 e. The van der Waals surface area contributed by atoms with Crippen LogP contribution in [0.4, 0.5) is 4.79 Å². The fraction of sp³-hybridized carbons (Fsp3) is 0.571. The van der Waals surface area contributed by atoms with Gasteiger partial charge in [0.15, 0.2) is 0 Å². The van der Waals surface area contributed by atoms with Crippen molar-refractivity contribution in [1.29, 1.82) is 0 Å². The predicted molar refractivity (Wildman–Crippen MR) is 41.7 cm³/mol. The summed E-state index contributed by atoms with van der Waals surface area (Å²) in [6.45, 7) is 1.81. The van der Waals surface area contributed by atoms with E-state index in [4.69, 9.17) is 0 Å². The van der Waals surface area contributed by atoms with Crippen molar-refractivity contribution in [1.82, 2.24) is 10.2 Å². The van der Waals surface area contributed by atoms with E-state index in [0.717, 1.165) is 4.90 Å². The van der Waals surface area contributed by atoms with Gasteiger partial charge in [0.2, 0.25) is 6.04 Å². The quantitative estimate of drug-likeness (QED) is 0.344. The second kappa shape index (κ2) is 3.42. The molecule has 6 nitrogen and oxygen atoms in total. The van der Waals surface area contributed by atoms with E-state index in [0.29, 0.717) is 0 Å². The molecule has 72 valence electrons. The van der Waals surface area contributed by atoms with Crippen molar-refractivity contribution in [2.24, 2.45) is 0 Å². The monoisotopic (exact) mass is 186 g/mol. The first-order chi connectivity index (χ1) is 6.07. The Bertz CT molecular complexity index is 263. The Balaban J connectivity index is 2.68. The molecule has 1 fully saturated rings. The van der Waals surface area contributed by atoms with Crippen LogP contribution in [0.1, 0.15) is 6.92 Å². The summed E-state index contributed by atoms with van der Waals surface area (Å²) in [4.78, 5) is 34.0. The van der Waals surface area contributed by atoms with E-state index < -0.39 is 23.9 Å². The van der Waals surface area contributed by atoms with Crippen molar-refractivity contribution in [2.75, 3.05) is 13.7 Å². The van der Waals surface area contributed by atoms with Crippen LogP contribution < -0.4 is 5.32 Å². The first kappa shape index (κ1) is 9.50. The van der Waals surface area contributed by atoms with Crippen LogP contribution in [0, 0.1) is 0 Å². The molecule has 0 aromatic carbocycles. The lowest BCUT2D eigenvalue weighted by atomic mass is 10.3. The summed E-state index contributed by atoms with van der Waals surface area (Å²) in [5, 5.41) is 2.20. The van der Waals surface area contributed by atoms with Gasteiger partial charge in [0, 0.05) is 7.05 Å². The number of esters is 1. The van der Waals surface area contributed by atoms with Gasteiger partial charge >= 0.3 is 12.0 Å². The lowest BCUT2D eigenvalue weighted by Gasteiger charge is -2.06. The third-order valence-electron chi connectivity index (χ3n) is 1.67. The maximum atomic E-state index is 11.2. The van der Waals surface area contributed by atoms with Gasteiger partial charge in [-0.1, -0.05) is 0 Å². The number of nitrogens with zero attached hydrogens (tertiary/aromatic N) is 1. The van der Waals surface area contributed by atoms with Gasteiger partial charge in [0.05, 0.1) is 6.61 Å². The Morgan fingerprint density at radius 3 is 2.62 bits per heavy atom. The highest BCUT2D eigenvalue weighted by molar-refractivity contribution is 6.14. The molecule has 6 heteroatoms. The number of hydrogen-bond donors (Lipinski definition) is 1. The molecular weight excluding hydrogens is 176 g/mol. The van der Waals surface area contributed by atoms with Crippen LogP contribution in [0.2, 0.25) is 0 Å². The van der Waals surface area contributed by atoms with E-state index in [1.165, 1.54) is 7.05 Å². The largest absolute Gasteiger partial charge is 0.464 e. The molecule has 3 amide bonds. The summed E-state index contributed by atoms with van der Waals surface area (Å²) in [5.41, 5.74) is 0. The van der Waals surface area contributed by atoms with Crippen LogP contribution in [-0.4, -0.2) is 42.5 Å². The Morgan fingerprint density at radius 2 is 2.23 bits per heavy atom. The van der Waals surface area contributed by atoms with Gasteiger partial charge in [0.1, 0.15) is 0 Å². The molecule has 1 aliphatic heterocycles. The van der Waals surface area contributed by atoms with Gasteiger partial charge in [-0.3, -0.25) is 9.69 Å². The summed E-state index contributed by atoms with van der Waals surface area (Å²) in [5.74, 6) is -1.30. The normalized spacial score (nSPS) is 21.7. The van der Waals surface area contributed by atoms with Crippen molar-refractivity contribution in [3.05, 3.63) is 0 Å². The van der Waals surface area contributed by atoms with Crippen molar-refractivity contribution in [2.45, 2.75) is 13.0 Å². The zero-order chi connectivity index (χ0) is 10.0. The molecule has 0 saturated carbocycles. The molecule has 0 aliphatic carbocycles. The van der Waals surface area contributed by atoms with E-state index in [1.54, 1.807) is 6.92 Å². The third kappa shape index (κ3) is 1.61. The van der Waals surface area contributed by atoms with Crippen molar-refractivity contribution < 1.29 is 19.1 Å². The van der Waals surface area contributed by atoms with Crippen LogP contribution in [0.5, 0.6) is 0 Å². The lowest BCUT2D eigenvalue weighted by Crippen LogP contribution is -2.38. The number of carbonyl (C=O) groups is 3. The van der Waals surface area contributed by atoms with Gasteiger partial charge in [-0.25, -0.2) is 9.59 Å². The number of urea groups is 1. The van der Waals surface area contributed by atoms with E-state index in [9.17, 15) is 14.4 Å². The SMILES string of the molecule is CCOC(=O)[C@@H]1NC(=O)N(C)C1=O. The van der Waals surface area contributed by atoms with Crippen LogP contribution in [-0.2, 0) is 14.3 Å². The summed E-state index contributed by atoms with van der Waals surface area (Å²) in [6.07, 6.45) is 0. The van der Waals surface area contributed by atoms with E-state index >= 15 is 0 Å². The average molecular weight is 186 g/mol. The smallest absolute Gasteiger partial charge is 0.338 e. The number of rotatable bonds is 2. The van der Waals surface area contributed by atoms with Gasteiger partial charge < -0.3 is 10.1 Å². The molecule has 1 aliphatic rings. The molecule has 0 spiro atoms. The predicted octanol–water partition coefficient (Wildman–Crippen LogP) is -0.900. The van der Waals surface area contributed by atoms with Crippen molar-refractivity contribution >= 4 is 17.9 Å². The molecule has 1 N–H and O–H groups in total. The van der Waals surface area contributed by atoms with Gasteiger partial charge in [-0.05, 0) is 6.92 Å². The zero-order valence-electron chi connectivity index (χ0n) is 7.36. The number of ether oxygens (including phenoxy) is 1. The second-order valence-electron chi connectivity index (χ2n) is 2.53. The molecule has 1 saturated heterocycles. The summed E-state index contributed by atoms with van der Waals surface area (Å²) in [6, 6.07) is -1.75.